The summed E-state index contributed by atoms with van der Waals surface area (Å²) >= 11 is 0. The van der Waals surface area contributed by atoms with E-state index in [9.17, 15) is 14.4 Å². The van der Waals surface area contributed by atoms with E-state index in [2.05, 4.69) is 10.6 Å². The summed E-state index contributed by atoms with van der Waals surface area (Å²) in [6.07, 6.45) is 0.576. The molecule has 154 valence electrons. The number of carbonyl (C=O) groups is 3. The zero-order valence-corrected chi connectivity index (χ0v) is 16.8. The van der Waals surface area contributed by atoms with Crippen LogP contribution in [-0.4, -0.2) is 29.8 Å². The van der Waals surface area contributed by atoms with Crippen molar-refractivity contribution in [3.63, 3.8) is 0 Å². The molecule has 3 rings (SSSR count). The summed E-state index contributed by atoms with van der Waals surface area (Å²) in [5.41, 5.74) is 7.40. The zero-order chi connectivity index (χ0) is 21.5. The molecule has 3 amide bonds. The first-order chi connectivity index (χ1) is 14.4. The van der Waals surface area contributed by atoms with Gasteiger partial charge < -0.3 is 16.4 Å². The average molecular weight is 403 g/mol. The summed E-state index contributed by atoms with van der Waals surface area (Å²) in [7, 11) is 0. The first kappa shape index (κ1) is 21.0. The minimum absolute atomic E-state index is 0.264. The summed E-state index contributed by atoms with van der Waals surface area (Å²) in [5.74, 6) is -1.40. The van der Waals surface area contributed by atoms with Crippen molar-refractivity contribution in [2.24, 2.45) is 5.73 Å². The van der Waals surface area contributed by atoms with Crippen LogP contribution in [0.2, 0.25) is 0 Å². The van der Waals surface area contributed by atoms with Crippen molar-refractivity contribution < 1.29 is 14.4 Å². The topological polar surface area (TPSA) is 101 Å². The Bertz CT molecular complexity index is 1040. The van der Waals surface area contributed by atoms with Gasteiger partial charge in [-0.25, -0.2) is 0 Å². The van der Waals surface area contributed by atoms with Crippen molar-refractivity contribution >= 4 is 28.5 Å². The first-order valence-corrected chi connectivity index (χ1v) is 9.81. The SMILES string of the molecule is CC(=O)N[C@@H](Cc1ccccc1)C(=O)N[C@@H](Cc1cccc2ccccc12)C(N)=O. The molecule has 2 atom stereocenters. The molecule has 0 unspecified atom stereocenters. The Kier molecular flexibility index (Phi) is 6.80. The van der Waals surface area contributed by atoms with Crippen molar-refractivity contribution in [1.82, 2.24) is 10.6 Å². The number of nitrogens with two attached hydrogens (primary N) is 1. The molecule has 3 aromatic carbocycles. The lowest BCUT2D eigenvalue weighted by atomic mass is 9.98. The lowest BCUT2D eigenvalue weighted by Crippen LogP contribution is -2.54. The van der Waals surface area contributed by atoms with Crippen LogP contribution in [0.15, 0.2) is 72.8 Å². The average Bonchev–Trinajstić information content (AvgIpc) is 2.73. The molecule has 0 saturated heterocycles. The van der Waals surface area contributed by atoms with Gasteiger partial charge in [-0.3, -0.25) is 14.4 Å². The molecule has 6 nitrogen and oxygen atoms in total. The van der Waals surface area contributed by atoms with E-state index in [1.54, 1.807) is 0 Å². The number of hydrogen-bond acceptors (Lipinski definition) is 3. The Balaban J connectivity index is 1.79. The molecule has 0 bridgehead atoms. The van der Waals surface area contributed by atoms with Crippen LogP contribution < -0.4 is 16.4 Å². The number of rotatable bonds is 8. The standard InChI is InChI=1S/C24H25N3O3/c1-16(28)26-22(14-17-8-3-2-4-9-17)24(30)27-21(23(25)29)15-19-12-7-11-18-10-5-6-13-20(18)19/h2-13,21-22H,14-15H2,1H3,(H2,25,29)(H,26,28)(H,27,30)/t21-,22-/m0/s1. The zero-order valence-electron chi connectivity index (χ0n) is 16.8. The smallest absolute Gasteiger partial charge is 0.243 e. The highest BCUT2D eigenvalue weighted by Crippen LogP contribution is 2.20. The van der Waals surface area contributed by atoms with Gasteiger partial charge in [-0.2, -0.15) is 0 Å². The van der Waals surface area contributed by atoms with Gasteiger partial charge in [-0.15, -0.1) is 0 Å². The van der Waals surface area contributed by atoms with E-state index in [1.165, 1.54) is 6.92 Å². The molecule has 0 aliphatic heterocycles. The molecule has 0 saturated carbocycles. The second-order valence-electron chi connectivity index (χ2n) is 7.25. The van der Waals surface area contributed by atoms with Gasteiger partial charge in [0.15, 0.2) is 0 Å². The van der Waals surface area contributed by atoms with Crippen molar-refractivity contribution in [1.29, 1.82) is 0 Å². The molecule has 0 heterocycles. The van der Waals surface area contributed by atoms with Crippen LogP contribution >= 0.6 is 0 Å². The van der Waals surface area contributed by atoms with Crippen LogP contribution in [-0.2, 0) is 27.2 Å². The quantitative estimate of drug-likeness (QED) is 0.537. The van der Waals surface area contributed by atoms with Crippen LogP contribution in [0, 0.1) is 0 Å². The summed E-state index contributed by atoms with van der Waals surface area (Å²) in [4.78, 5) is 36.6. The van der Waals surface area contributed by atoms with E-state index < -0.39 is 23.9 Å². The maximum absolute atomic E-state index is 12.9. The number of nitrogens with one attached hydrogen (secondary N) is 2. The number of amides is 3. The van der Waals surface area contributed by atoms with Gasteiger partial charge in [0.05, 0.1) is 0 Å². The maximum atomic E-state index is 12.9. The minimum atomic E-state index is -0.893. The summed E-state index contributed by atoms with van der Waals surface area (Å²) in [6.45, 7) is 1.35. The minimum Gasteiger partial charge on any atom is -0.368 e. The molecule has 6 heteroatoms. The van der Waals surface area contributed by atoms with E-state index in [0.29, 0.717) is 6.42 Å². The summed E-state index contributed by atoms with van der Waals surface area (Å²) < 4.78 is 0. The number of benzene rings is 3. The highest BCUT2D eigenvalue weighted by molar-refractivity contribution is 5.92. The Morgan fingerprint density at radius 1 is 0.800 bits per heavy atom. The molecular formula is C24H25N3O3. The third-order valence-corrected chi connectivity index (χ3v) is 4.94. The Morgan fingerprint density at radius 3 is 2.17 bits per heavy atom. The van der Waals surface area contributed by atoms with Crippen LogP contribution in [0.4, 0.5) is 0 Å². The van der Waals surface area contributed by atoms with Crippen LogP contribution in [0.25, 0.3) is 10.8 Å². The van der Waals surface area contributed by atoms with Gasteiger partial charge in [0, 0.05) is 19.8 Å². The van der Waals surface area contributed by atoms with E-state index in [-0.39, 0.29) is 12.3 Å². The lowest BCUT2D eigenvalue weighted by molar-refractivity contribution is -0.130. The molecular weight excluding hydrogens is 378 g/mol. The molecule has 0 aromatic heterocycles. The highest BCUT2D eigenvalue weighted by atomic mass is 16.2. The van der Waals surface area contributed by atoms with Crippen molar-refractivity contribution in [3.05, 3.63) is 83.9 Å². The lowest BCUT2D eigenvalue weighted by Gasteiger charge is -2.22. The molecule has 0 fully saturated rings. The fraction of sp³-hybridized carbons (Fsp3) is 0.208. The van der Waals surface area contributed by atoms with E-state index in [1.807, 2.05) is 72.8 Å². The van der Waals surface area contributed by atoms with Gasteiger partial charge in [0.2, 0.25) is 17.7 Å². The number of fused-ring (bicyclic) bond motifs is 1. The van der Waals surface area contributed by atoms with Crippen molar-refractivity contribution in [2.45, 2.75) is 31.8 Å². The molecule has 30 heavy (non-hydrogen) atoms. The summed E-state index contributed by atoms with van der Waals surface area (Å²) in [6, 6.07) is 21.3. The fourth-order valence-electron chi connectivity index (χ4n) is 3.49. The third-order valence-electron chi connectivity index (χ3n) is 4.94. The predicted octanol–water partition coefficient (Wildman–Crippen LogP) is 2.10. The van der Waals surface area contributed by atoms with Gasteiger partial charge in [0.25, 0.3) is 0 Å². The normalized spacial score (nSPS) is 12.7. The molecule has 0 spiro atoms. The molecule has 3 aromatic rings. The second-order valence-corrected chi connectivity index (χ2v) is 7.25. The second kappa shape index (κ2) is 9.69. The maximum Gasteiger partial charge on any atom is 0.243 e. The van der Waals surface area contributed by atoms with Crippen LogP contribution in [0.5, 0.6) is 0 Å². The number of carbonyl (C=O) groups excluding carboxylic acids is 3. The molecule has 0 aliphatic rings. The van der Waals surface area contributed by atoms with Gasteiger partial charge >= 0.3 is 0 Å². The summed E-state index contributed by atoms with van der Waals surface area (Å²) in [5, 5.41) is 7.44. The van der Waals surface area contributed by atoms with Crippen LogP contribution in [0.3, 0.4) is 0 Å². The number of primary amides is 1. The van der Waals surface area contributed by atoms with Gasteiger partial charge in [0.1, 0.15) is 12.1 Å². The Hall–Kier alpha value is -3.67. The van der Waals surface area contributed by atoms with Gasteiger partial charge in [-0.1, -0.05) is 72.8 Å². The molecule has 0 aliphatic carbocycles. The monoisotopic (exact) mass is 403 g/mol. The number of hydrogen-bond donors (Lipinski definition) is 3. The Morgan fingerprint density at radius 2 is 1.47 bits per heavy atom. The van der Waals surface area contributed by atoms with Gasteiger partial charge in [-0.05, 0) is 21.9 Å². The first-order valence-electron chi connectivity index (χ1n) is 9.81. The van der Waals surface area contributed by atoms with E-state index in [4.69, 9.17) is 5.73 Å². The largest absolute Gasteiger partial charge is 0.368 e. The predicted molar refractivity (Wildman–Crippen MR) is 117 cm³/mol. The van der Waals surface area contributed by atoms with E-state index in [0.717, 1.165) is 21.9 Å². The fourth-order valence-corrected chi connectivity index (χ4v) is 3.49. The van der Waals surface area contributed by atoms with Crippen LogP contribution in [0.1, 0.15) is 18.1 Å². The molecule has 0 radical (unpaired) electrons. The van der Waals surface area contributed by atoms with E-state index >= 15 is 0 Å². The Labute approximate surface area is 175 Å². The molecule has 4 N–H and O–H groups in total. The van der Waals surface area contributed by atoms with Crippen molar-refractivity contribution in [3.8, 4) is 0 Å². The third kappa shape index (κ3) is 5.44. The van der Waals surface area contributed by atoms with Crippen molar-refractivity contribution in [2.75, 3.05) is 0 Å². The highest BCUT2D eigenvalue weighted by Gasteiger charge is 2.25.